The number of carboxylic acids is 1. The van der Waals surface area contributed by atoms with Crippen molar-refractivity contribution >= 4 is 23.0 Å². The molecule has 1 aliphatic carbocycles. The van der Waals surface area contributed by atoms with Gasteiger partial charge in [0.05, 0.1) is 29.9 Å². The van der Waals surface area contributed by atoms with Crippen molar-refractivity contribution in [3.63, 3.8) is 0 Å². The molecule has 2 aromatic rings. The van der Waals surface area contributed by atoms with Gasteiger partial charge in [-0.05, 0) is 76.5 Å². The number of carbonyl (C=O) groups is 1. The number of aromatic carboxylic acids is 1. The first-order chi connectivity index (χ1) is 16.4. The highest BCUT2D eigenvalue weighted by Gasteiger charge is 2.25. The molecule has 6 nitrogen and oxygen atoms in total. The fourth-order valence-corrected chi connectivity index (χ4v) is 5.32. The van der Waals surface area contributed by atoms with Crippen molar-refractivity contribution in [2.45, 2.75) is 64.5 Å². The first kappa shape index (κ1) is 24.7. The number of hydrogen-bond acceptors (Lipinski definition) is 6. The van der Waals surface area contributed by atoms with Crippen LogP contribution in [0.4, 0.5) is 5.69 Å². The van der Waals surface area contributed by atoms with Gasteiger partial charge in [-0.1, -0.05) is 17.9 Å². The van der Waals surface area contributed by atoms with Crippen molar-refractivity contribution in [2.24, 2.45) is 11.3 Å². The minimum Gasteiger partial charge on any atom is -0.477 e. The summed E-state index contributed by atoms with van der Waals surface area (Å²) in [4.78, 5) is 17.4. The van der Waals surface area contributed by atoms with Crippen molar-refractivity contribution in [3.05, 3.63) is 45.9 Å². The van der Waals surface area contributed by atoms with Crippen LogP contribution in [0.15, 0.2) is 30.5 Å². The lowest BCUT2D eigenvalue weighted by Crippen LogP contribution is -2.27. The Balaban J connectivity index is 1.33. The molecule has 2 aromatic heterocycles. The number of ether oxygens (including phenoxy) is 2. The standard InChI is InChI=1S/C27H34N2O4S/c1-27(2,18-33-22-11-14-32-17-22)12-10-23-16-24(25(34-23)26(30)31)29-20-8-6-19(7-9-20)15-21-5-3-4-13-28-21/h3-5,13,16,19-20,22,29H,6-9,11,14-15,17-18H2,1-2H3,(H,30,31). The first-order valence-electron chi connectivity index (χ1n) is 12.1. The average molecular weight is 483 g/mol. The maximum absolute atomic E-state index is 11.9. The van der Waals surface area contributed by atoms with Gasteiger partial charge < -0.3 is 19.9 Å². The molecular formula is C27H34N2O4S. The number of nitrogens with zero attached hydrogens (tertiary/aromatic N) is 1. The van der Waals surface area contributed by atoms with E-state index < -0.39 is 5.97 Å². The summed E-state index contributed by atoms with van der Waals surface area (Å²) >= 11 is 1.24. The van der Waals surface area contributed by atoms with E-state index >= 15 is 0 Å². The molecule has 1 atom stereocenters. The first-order valence-corrected chi connectivity index (χ1v) is 13.0. The minimum atomic E-state index is -0.909. The summed E-state index contributed by atoms with van der Waals surface area (Å²) in [6, 6.07) is 8.26. The second-order valence-electron chi connectivity index (χ2n) is 9.98. The molecule has 0 bridgehead atoms. The average Bonchev–Trinajstić information content (AvgIpc) is 3.49. The van der Waals surface area contributed by atoms with E-state index in [0.29, 0.717) is 29.7 Å². The molecule has 2 aliphatic rings. The largest absolute Gasteiger partial charge is 0.477 e. The lowest BCUT2D eigenvalue weighted by atomic mass is 9.83. The topological polar surface area (TPSA) is 80.7 Å². The molecule has 1 unspecified atom stereocenters. The number of thiophene rings is 1. The zero-order valence-electron chi connectivity index (χ0n) is 20.0. The fraction of sp³-hybridized carbons (Fsp3) is 0.556. The Labute approximate surface area is 206 Å². The van der Waals surface area contributed by atoms with Crippen LogP contribution in [-0.2, 0) is 15.9 Å². The Morgan fingerprint density at radius 2 is 2.12 bits per heavy atom. The highest BCUT2D eigenvalue weighted by atomic mass is 32.1. The van der Waals surface area contributed by atoms with Crippen LogP contribution in [0.3, 0.4) is 0 Å². The van der Waals surface area contributed by atoms with Gasteiger partial charge in [-0.15, -0.1) is 11.3 Å². The molecule has 0 spiro atoms. The summed E-state index contributed by atoms with van der Waals surface area (Å²) in [5, 5.41) is 13.2. The molecule has 1 saturated heterocycles. The molecule has 1 aliphatic heterocycles. The van der Waals surface area contributed by atoms with Crippen molar-refractivity contribution in [1.29, 1.82) is 0 Å². The Morgan fingerprint density at radius 3 is 2.79 bits per heavy atom. The zero-order valence-corrected chi connectivity index (χ0v) is 20.8. The van der Waals surface area contributed by atoms with Gasteiger partial charge >= 0.3 is 5.97 Å². The van der Waals surface area contributed by atoms with Crippen LogP contribution < -0.4 is 5.32 Å². The number of aromatic nitrogens is 1. The van der Waals surface area contributed by atoms with Crippen LogP contribution in [-0.4, -0.2) is 48.0 Å². The number of rotatable bonds is 8. The zero-order chi connectivity index (χ0) is 24.0. The maximum atomic E-state index is 11.9. The molecule has 182 valence electrons. The summed E-state index contributed by atoms with van der Waals surface area (Å²) < 4.78 is 11.3. The number of nitrogens with one attached hydrogen (secondary N) is 1. The lowest BCUT2D eigenvalue weighted by Gasteiger charge is -2.29. The molecule has 0 amide bonds. The second-order valence-corrected chi connectivity index (χ2v) is 11.0. The van der Waals surface area contributed by atoms with Gasteiger partial charge in [0.15, 0.2) is 0 Å². The van der Waals surface area contributed by atoms with Crippen molar-refractivity contribution in [2.75, 3.05) is 25.1 Å². The Hall–Kier alpha value is -2.40. The normalized spacial score (nSPS) is 22.7. The van der Waals surface area contributed by atoms with Gasteiger partial charge in [-0.2, -0.15) is 0 Å². The molecular weight excluding hydrogens is 448 g/mol. The quantitative estimate of drug-likeness (QED) is 0.501. The highest BCUT2D eigenvalue weighted by Crippen LogP contribution is 2.33. The molecule has 3 heterocycles. The molecule has 34 heavy (non-hydrogen) atoms. The van der Waals surface area contributed by atoms with Crippen molar-refractivity contribution < 1.29 is 19.4 Å². The van der Waals surface area contributed by atoms with Crippen molar-refractivity contribution in [1.82, 2.24) is 4.98 Å². The molecule has 1 saturated carbocycles. The molecule has 2 N–H and O–H groups in total. The Kier molecular flexibility index (Phi) is 8.25. The highest BCUT2D eigenvalue weighted by molar-refractivity contribution is 7.15. The molecule has 2 fully saturated rings. The SMILES string of the molecule is CC(C)(C#Cc1cc(NC2CCC(Cc3ccccn3)CC2)c(C(=O)O)s1)COC1CCOC1. The predicted octanol–water partition coefficient (Wildman–Crippen LogP) is 5.24. The number of carboxylic acid groups (broad SMARTS) is 1. The van der Waals surface area contributed by atoms with E-state index in [-0.39, 0.29) is 17.6 Å². The van der Waals surface area contributed by atoms with Crippen molar-refractivity contribution in [3.8, 4) is 11.8 Å². The molecule has 4 rings (SSSR count). The van der Waals surface area contributed by atoms with E-state index in [1.165, 1.54) is 11.3 Å². The smallest absolute Gasteiger partial charge is 0.348 e. The fourth-order valence-electron chi connectivity index (χ4n) is 4.50. The minimum absolute atomic E-state index is 0.149. The molecule has 0 radical (unpaired) electrons. The molecule has 0 aromatic carbocycles. The van der Waals surface area contributed by atoms with E-state index in [9.17, 15) is 9.90 Å². The van der Waals surface area contributed by atoms with E-state index in [1.54, 1.807) is 0 Å². The third-order valence-electron chi connectivity index (χ3n) is 6.45. The van der Waals surface area contributed by atoms with Gasteiger partial charge in [-0.3, -0.25) is 4.98 Å². The van der Waals surface area contributed by atoms with Gasteiger partial charge in [-0.25, -0.2) is 4.79 Å². The van der Waals surface area contributed by atoms with E-state index in [1.807, 2.05) is 38.2 Å². The Morgan fingerprint density at radius 1 is 1.29 bits per heavy atom. The number of hydrogen-bond donors (Lipinski definition) is 2. The van der Waals surface area contributed by atoms with Crippen LogP contribution in [0, 0.1) is 23.2 Å². The third kappa shape index (κ3) is 7.05. The summed E-state index contributed by atoms with van der Waals surface area (Å²) in [6.07, 6.45) is 8.24. The van der Waals surface area contributed by atoms with E-state index in [4.69, 9.17) is 9.47 Å². The summed E-state index contributed by atoms with van der Waals surface area (Å²) in [5.74, 6) is 6.20. The number of pyridine rings is 1. The monoisotopic (exact) mass is 482 g/mol. The van der Waals surface area contributed by atoms with Crippen LogP contribution >= 0.6 is 11.3 Å². The second kappa shape index (κ2) is 11.4. The van der Waals surface area contributed by atoms with Gasteiger partial charge in [0.25, 0.3) is 0 Å². The lowest BCUT2D eigenvalue weighted by molar-refractivity contribution is 0.0140. The summed E-state index contributed by atoms with van der Waals surface area (Å²) in [5.41, 5.74) is 1.51. The summed E-state index contributed by atoms with van der Waals surface area (Å²) in [7, 11) is 0. The molecule has 7 heteroatoms. The van der Waals surface area contributed by atoms with Gasteiger partial charge in [0, 0.05) is 30.0 Å². The van der Waals surface area contributed by atoms with Gasteiger partial charge in [0.2, 0.25) is 0 Å². The third-order valence-corrected chi connectivity index (χ3v) is 7.49. The van der Waals surface area contributed by atoms with Crippen LogP contribution in [0.1, 0.15) is 66.2 Å². The van der Waals surface area contributed by atoms with E-state index in [0.717, 1.165) is 55.7 Å². The van der Waals surface area contributed by atoms with Crippen LogP contribution in [0.25, 0.3) is 0 Å². The van der Waals surface area contributed by atoms with Crippen LogP contribution in [0.2, 0.25) is 0 Å². The Bertz CT molecular complexity index is 1010. The van der Waals surface area contributed by atoms with E-state index in [2.05, 4.69) is 28.2 Å². The maximum Gasteiger partial charge on any atom is 0.348 e. The number of anilines is 1. The summed E-state index contributed by atoms with van der Waals surface area (Å²) in [6.45, 7) is 6.02. The van der Waals surface area contributed by atoms with Crippen LogP contribution in [0.5, 0.6) is 0 Å². The predicted molar refractivity (Wildman–Crippen MR) is 134 cm³/mol. The van der Waals surface area contributed by atoms with Gasteiger partial charge in [0.1, 0.15) is 4.88 Å².